The average molecular weight is 427 g/mol. The normalized spacial score (nSPS) is 11.0. The van der Waals surface area contributed by atoms with E-state index in [0.717, 1.165) is 11.3 Å². The third-order valence-corrected chi connectivity index (χ3v) is 5.20. The van der Waals surface area contributed by atoms with Gasteiger partial charge in [0, 0.05) is 18.4 Å². The number of nitrogens with zero attached hydrogens (tertiary/aromatic N) is 4. The minimum atomic E-state index is -0.286. The van der Waals surface area contributed by atoms with E-state index in [1.807, 2.05) is 19.9 Å². The van der Waals surface area contributed by atoms with Gasteiger partial charge in [-0.3, -0.25) is 14.2 Å². The third kappa shape index (κ3) is 4.13. The molecule has 0 aliphatic carbocycles. The molecule has 0 unspecified atom stereocenters. The number of aromatic nitrogens is 4. The number of rotatable bonds is 5. The number of aryl methyl sites for hydroxylation is 2. The largest absolute Gasteiger partial charge is 0.304 e. The van der Waals surface area contributed by atoms with E-state index in [9.17, 15) is 4.79 Å². The first-order valence-corrected chi connectivity index (χ1v) is 9.45. The lowest BCUT2D eigenvalue weighted by Gasteiger charge is -2.05. The molecule has 0 radical (unpaired) electrons. The highest BCUT2D eigenvalue weighted by atomic mass is 35.5. The van der Waals surface area contributed by atoms with E-state index >= 15 is 0 Å². The average Bonchev–Trinajstić information content (AvgIpc) is 3.09. The van der Waals surface area contributed by atoms with Crippen LogP contribution in [0, 0.1) is 13.8 Å². The molecular formula is C18H18Cl3N5O. The summed E-state index contributed by atoms with van der Waals surface area (Å²) in [5, 5.41) is 12.8. The first-order valence-electron chi connectivity index (χ1n) is 8.32. The SMILES string of the molecule is CCn1nc(C)c(C(=O)Nc2nn(Cc3ccc(Cl)c(Cl)c3)cc2Cl)c1C. The topological polar surface area (TPSA) is 64.7 Å². The van der Waals surface area contributed by atoms with Gasteiger partial charge in [-0.1, -0.05) is 40.9 Å². The van der Waals surface area contributed by atoms with Crippen molar-refractivity contribution in [3.05, 3.63) is 62.0 Å². The Kier molecular flexibility index (Phi) is 5.79. The predicted octanol–water partition coefficient (Wildman–Crippen LogP) is 4.98. The summed E-state index contributed by atoms with van der Waals surface area (Å²) in [5.74, 6) is 0.0103. The standard InChI is InChI=1S/C18H18Cl3N5O/c1-4-26-11(3)16(10(2)23-26)18(27)22-17-15(21)9-25(24-17)8-12-5-6-13(19)14(20)7-12/h5-7,9H,4,8H2,1-3H3,(H,22,24,27). The summed E-state index contributed by atoms with van der Waals surface area (Å²) in [5.41, 5.74) is 2.92. The highest BCUT2D eigenvalue weighted by molar-refractivity contribution is 6.42. The van der Waals surface area contributed by atoms with E-state index in [1.54, 1.807) is 34.6 Å². The molecule has 3 aromatic rings. The number of hydrogen-bond donors (Lipinski definition) is 1. The lowest BCUT2D eigenvalue weighted by atomic mass is 10.2. The van der Waals surface area contributed by atoms with Crippen LogP contribution in [0.15, 0.2) is 24.4 Å². The minimum absolute atomic E-state index is 0.286. The number of hydrogen-bond acceptors (Lipinski definition) is 3. The summed E-state index contributed by atoms with van der Waals surface area (Å²) < 4.78 is 3.42. The van der Waals surface area contributed by atoms with Gasteiger partial charge in [-0.2, -0.15) is 10.2 Å². The van der Waals surface area contributed by atoms with E-state index in [1.165, 1.54) is 0 Å². The Bertz CT molecular complexity index is 1010. The molecule has 9 heteroatoms. The second kappa shape index (κ2) is 7.92. The maximum absolute atomic E-state index is 12.7. The Morgan fingerprint density at radius 2 is 1.85 bits per heavy atom. The van der Waals surface area contributed by atoms with Crippen molar-refractivity contribution in [3.8, 4) is 0 Å². The molecule has 0 bridgehead atoms. The van der Waals surface area contributed by atoms with Gasteiger partial charge in [-0.05, 0) is 38.5 Å². The first kappa shape index (κ1) is 19.7. The number of nitrogens with one attached hydrogen (secondary N) is 1. The van der Waals surface area contributed by atoms with Gasteiger partial charge in [0.15, 0.2) is 5.82 Å². The first-order chi connectivity index (χ1) is 12.8. The number of carbonyl (C=O) groups is 1. The van der Waals surface area contributed by atoms with Crippen LogP contribution in [0.5, 0.6) is 0 Å². The fourth-order valence-corrected chi connectivity index (χ4v) is 3.41. The lowest BCUT2D eigenvalue weighted by Crippen LogP contribution is -2.15. The van der Waals surface area contributed by atoms with E-state index in [4.69, 9.17) is 34.8 Å². The number of anilines is 1. The number of benzene rings is 1. The summed E-state index contributed by atoms with van der Waals surface area (Å²) in [6, 6.07) is 5.35. The van der Waals surface area contributed by atoms with Crippen LogP contribution >= 0.6 is 34.8 Å². The number of amides is 1. The van der Waals surface area contributed by atoms with Crippen molar-refractivity contribution in [3.63, 3.8) is 0 Å². The molecule has 6 nitrogen and oxygen atoms in total. The molecule has 2 aromatic heterocycles. The van der Waals surface area contributed by atoms with Gasteiger partial charge < -0.3 is 5.32 Å². The fourth-order valence-electron chi connectivity index (χ4n) is 2.89. The van der Waals surface area contributed by atoms with Crippen molar-refractivity contribution in [2.45, 2.75) is 33.9 Å². The smallest absolute Gasteiger partial charge is 0.260 e. The van der Waals surface area contributed by atoms with Gasteiger partial charge in [0.1, 0.15) is 5.02 Å². The van der Waals surface area contributed by atoms with Crippen LogP contribution < -0.4 is 5.32 Å². The second-order valence-corrected chi connectivity index (χ2v) is 7.31. The molecule has 0 aliphatic rings. The molecule has 1 amide bonds. The van der Waals surface area contributed by atoms with Crippen molar-refractivity contribution in [1.29, 1.82) is 0 Å². The van der Waals surface area contributed by atoms with Gasteiger partial charge >= 0.3 is 0 Å². The Morgan fingerprint density at radius 1 is 1.11 bits per heavy atom. The van der Waals surface area contributed by atoms with Gasteiger partial charge in [0.2, 0.25) is 0 Å². The van der Waals surface area contributed by atoms with Crippen LogP contribution in [0.1, 0.15) is 34.2 Å². The highest BCUT2D eigenvalue weighted by Crippen LogP contribution is 2.25. The van der Waals surface area contributed by atoms with Crippen LogP contribution in [0.3, 0.4) is 0 Å². The molecule has 0 spiro atoms. The van der Waals surface area contributed by atoms with Gasteiger partial charge in [0.05, 0.1) is 27.8 Å². The van der Waals surface area contributed by atoms with Gasteiger partial charge in [-0.15, -0.1) is 0 Å². The molecule has 27 heavy (non-hydrogen) atoms. The quantitative estimate of drug-likeness (QED) is 0.626. The summed E-state index contributed by atoms with van der Waals surface area (Å²) in [4.78, 5) is 12.7. The fraction of sp³-hybridized carbons (Fsp3) is 0.278. The summed E-state index contributed by atoms with van der Waals surface area (Å²) in [7, 11) is 0. The van der Waals surface area contributed by atoms with Gasteiger partial charge in [0.25, 0.3) is 5.91 Å². The Hall–Kier alpha value is -2.02. The molecule has 0 fully saturated rings. The van der Waals surface area contributed by atoms with Crippen molar-refractivity contribution in [2.24, 2.45) is 0 Å². The van der Waals surface area contributed by atoms with Crippen molar-refractivity contribution in [1.82, 2.24) is 19.6 Å². The van der Waals surface area contributed by atoms with Crippen LogP contribution in [0.2, 0.25) is 15.1 Å². The molecule has 0 atom stereocenters. The Balaban J connectivity index is 1.79. The molecule has 1 aromatic carbocycles. The van der Waals surface area contributed by atoms with Crippen molar-refractivity contribution < 1.29 is 4.79 Å². The maximum Gasteiger partial charge on any atom is 0.260 e. The van der Waals surface area contributed by atoms with Gasteiger partial charge in [-0.25, -0.2) is 0 Å². The van der Waals surface area contributed by atoms with Crippen molar-refractivity contribution in [2.75, 3.05) is 5.32 Å². The zero-order valence-corrected chi connectivity index (χ0v) is 17.3. The number of halogens is 3. The Morgan fingerprint density at radius 3 is 2.48 bits per heavy atom. The third-order valence-electron chi connectivity index (χ3n) is 4.19. The molecule has 2 heterocycles. The molecule has 142 valence electrons. The second-order valence-electron chi connectivity index (χ2n) is 6.09. The maximum atomic E-state index is 12.7. The summed E-state index contributed by atoms with van der Waals surface area (Å²) in [6.45, 7) is 6.78. The van der Waals surface area contributed by atoms with E-state index in [2.05, 4.69) is 15.5 Å². The number of carbonyl (C=O) groups excluding carboxylic acids is 1. The molecule has 3 rings (SSSR count). The summed E-state index contributed by atoms with van der Waals surface area (Å²) >= 11 is 18.2. The van der Waals surface area contributed by atoms with E-state index < -0.39 is 0 Å². The molecule has 0 saturated carbocycles. The van der Waals surface area contributed by atoms with Crippen LogP contribution in [0.4, 0.5) is 5.82 Å². The van der Waals surface area contributed by atoms with E-state index in [-0.39, 0.29) is 5.91 Å². The lowest BCUT2D eigenvalue weighted by molar-refractivity contribution is 0.102. The molecule has 1 N–H and O–H groups in total. The summed E-state index contributed by atoms with van der Waals surface area (Å²) in [6.07, 6.45) is 1.65. The highest BCUT2D eigenvalue weighted by Gasteiger charge is 2.20. The predicted molar refractivity (Wildman–Crippen MR) is 108 cm³/mol. The molecule has 0 aliphatic heterocycles. The Labute approximate surface area is 172 Å². The monoisotopic (exact) mass is 425 g/mol. The van der Waals surface area contributed by atoms with Crippen LogP contribution in [0.25, 0.3) is 0 Å². The zero-order chi connectivity index (χ0) is 19.7. The molecule has 0 saturated heterocycles. The van der Waals surface area contributed by atoms with Crippen molar-refractivity contribution >= 4 is 46.5 Å². The van der Waals surface area contributed by atoms with E-state index in [0.29, 0.717) is 45.2 Å². The van der Waals surface area contributed by atoms with Crippen LogP contribution in [-0.2, 0) is 13.1 Å². The zero-order valence-electron chi connectivity index (χ0n) is 15.1. The molecular weight excluding hydrogens is 409 g/mol. The minimum Gasteiger partial charge on any atom is -0.304 e. The van der Waals surface area contributed by atoms with Crippen LogP contribution in [-0.4, -0.2) is 25.5 Å².